The average Bonchev–Trinajstić information content (AvgIpc) is 3.70. The van der Waals surface area contributed by atoms with Crippen molar-refractivity contribution in [2.24, 2.45) is 0 Å². The summed E-state index contributed by atoms with van der Waals surface area (Å²) in [6, 6.07) is 8.97. The Bertz CT molecular complexity index is 1600. The van der Waals surface area contributed by atoms with Crippen LogP contribution in [0.1, 0.15) is 43.7 Å². The molecule has 2 aromatic carbocycles. The molecular weight excluding hydrogens is 608 g/mol. The molecule has 4 saturated heterocycles. The minimum absolute atomic E-state index is 0.323. The number of hydroxylamine groups is 1. The predicted molar refractivity (Wildman–Crippen MR) is 174 cm³/mol. The molecule has 7 rings (SSSR count). The largest absolute Gasteiger partial charge is 0.494 e. The van der Waals surface area contributed by atoms with Crippen LogP contribution in [-0.4, -0.2) is 78.9 Å². The molecule has 2 unspecified atom stereocenters. The van der Waals surface area contributed by atoms with Crippen LogP contribution in [0, 0.1) is 11.6 Å². The number of morpholine rings is 1. The summed E-state index contributed by atoms with van der Waals surface area (Å²) in [4.78, 5) is 32.0. The molecule has 0 saturated carbocycles. The summed E-state index contributed by atoms with van der Waals surface area (Å²) in [5, 5.41) is 7.81. The smallest absolute Gasteiger partial charge is 0.247 e. The van der Waals surface area contributed by atoms with Gasteiger partial charge < -0.3 is 25.0 Å². The van der Waals surface area contributed by atoms with Gasteiger partial charge in [0.2, 0.25) is 5.91 Å². The van der Waals surface area contributed by atoms with Crippen LogP contribution in [0.4, 0.5) is 37.5 Å². The first-order valence-corrected chi connectivity index (χ1v) is 16.1. The van der Waals surface area contributed by atoms with E-state index in [1.54, 1.807) is 18.2 Å². The summed E-state index contributed by atoms with van der Waals surface area (Å²) in [6.45, 7) is 7.69. The number of ether oxygens (including phenoxy) is 2. The summed E-state index contributed by atoms with van der Waals surface area (Å²) in [5.74, 6) is -0.214. The van der Waals surface area contributed by atoms with Gasteiger partial charge in [-0.3, -0.25) is 14.5 Å². The molecule has 0 aliphatic carbocycles. The molecule has 3 aromatic rings. The lowest BCUT2D eigenvalue weighted by molar-refractivity contribution is -0.111. The number of amides is 1. The summed E-state index contributed by atoms with van der Waals surface area (Å²) < 4.78 is 39.9. The molecule has 11 nitrogen and oxygen atoms in total. The van der Waals surface area contributed by atoms with E-state index < -0.39 is 17.7 Å². The second-order valence-electron chi connectivity index (χ2n) is 12.4. The van der Waals surface area contributed by atoms with Gasteiger partial charge in [0.05, 0.1) is 49.0 Å². The van der Waals surface area contributed by atoms with Crippen molar-refractivity contribution in [3.63, 3.8) is 0 Å². The van der Waals surface area contributed by atoms with Gasteiger partial charge in [0.15, 0.2) is 5.82 Å². The van der Waals surface area contributed by atoms with Crippen molar-refractivity contribution in [1.82, 2.24) is 14.9 Å². The molecule has 2 N–H and O–H groups in total. The maximum Gasteiger partial charge on any atom is 0.247 e. The standard InChI is InChI=1S/C34H39F2N7O4/c1-3-34(44)40-27-15-28(31(45-2)16-30(27)41-9-6-24(7-10-41)42-18-25-4-5-26(19-42)47-25)39-32-17-33(38-20-37-32)43-29(8-11-46-43)21-12-22(35)14-23(36)13-21/h3,12-17,20,24-26,29H,1,4-11,18-19H2,2H3,(H,40,44)(H,37,38,39)/t25?,26?,29-/m1/s1. The van der Waals surface area contributed by atoms with Gasteiger partial charge in [-0.05, 0) is 55.5 Å². The molecule has 2 bridgehead atoms. The van der Waals surface area contributed by atoms with Crippen LogP contribution in [0.25, 0.3) is 0 Å². The number of hydrogen-bond donors (Lipinski definition) is 2. The Morgan fingerprint density at radius 2 is 1.72 bits per heavy atom. The number of carbonyl (C=O) groups is 1. The van der Waals surface area contributed by atoms with E-state index in [0.717, 1.165) is 63.6 Å². The third kappa shape index (κ3) is 6.74. The number of fused-ring (bicyclic) bond motifs is 2. The third-order valence-electron chi connectivity index (χ3n) is 9.47. The lowest BCUT2D eigenvalue weighted by atomic mass is 10.0. The molecule has 5 heterocycles. The highest BCUT2D eigenvalue weighted by molar-refractivity contribution is 6.02. The number of benzene rings is 2. The number of piperidine rings is 1. The number of aromatic nitrogens is 2. The van der Waals surface area contributed by atoms with Crippen molar-refractivity contribution >= 4 is 34.6 Å². The summed E-state index contributed by atoms with van der Waals surface area (Å²) in [6.07, 6.45) is 8.24. The maximum atomic E-state index is 14.0. The first-order valence-electron chi connectivity index (χ1n) is 16.1. The van der Waals surface area contributed by atoms with E-state index in [-0.39, 0.29) is 5.91 Å². The van der Waals surface area contributed by atoms with E-state index in [1.807, 2.05) is 12.1 Å². The zero-order chi connectivity index (χ0) is 32.5. The van der Waals surface area contributed by atoms with Crippen molar-refractivity contribution in [2.75, 3.05) is 60.5 Å². The second-order valence-corrected chi connectivity index (χ2v) is 12.4. The Kier molecular flexibility index (Phi) is 8.93. The highest BCUT2D eigenvalue weighted by Crippen LogP contribution is 2.41. The van der Waals surface area contributed by atoms with Gasteiger partial charge in [-0.15, -0.1) is 0 Å². The van der Waals surface area contributed by atoms with E-state index in [1.165, 1.54) is 24.5 Å². The lowest BCUT2D eigenvalue weighted by Crippen LogP contribution is -2.51. The van der Waals surface area contributed by atoms with E-state index in [0.29, 0.717) is 65.6 Å². The quantitative estimate of drug-likeness (QED) is 0.296. The minimum atomic E-state index is -0.653. The average molecular weight is 648 g/mol. The Labute approximate surface area is 272 Å². The number of likely N-dealkylation sites (tertiary alicyclic amines) is 1. The van der Waals surface area contributed by atoms with Gasteiger partial charge >= 0.3 is 0 Å². The number of nitrogens with one attached hydrogen (secondary N) is 2. The summed E-state index contributed by atoms with van der Waals surface area (Å²) >= 11 is 0. The second kappa shape index (κ2) is 13.4. The molecular formula is C34H39F2N7O4. The fraction of sp³-hybridized carbons (Fsp3) is 0.441. The van der Waals surface area contributed by atoms with Crippen LogP contribution in [0.3, 0.4) is 0 Å². The third-order valence-corrected chi connectivity index (χ3v) is 9.47. The van der Waals surface area contributed by atoms with Crippen molar-refractivity contribution in [3.05, 3.63) is 72.6 Å². The van der Waals surface area contributed by atoms with Crippen LogP contribution < -0.4 is 25.3 Å². The van der Waals surface area contributed by atoms with Gasteiger partial charge in [0, 0.05) is 56.8 Å². The molecule has 3 atom stereocenters. The number of halogens is 2. The summed E-state index contributed by atoms with van der Waals surface area (Å²) in [7, 11) is 1.59. The van der Waals surface area contributed by atoms with Crippen LogP contribution in [0.2, 0.25) is 0 Å². The number of methoxy groups -OCH3 is 1. The fourth-order valence-electron chi connectivity index (χ4n) is 7.24. The maximum absolute atomic E-state index is 14.0. The molecule has 47 heavy (non-hydrogen) atoms. The highest BCUT2D eigenvalue weighted by Gasteiger charge is 2.38. The number of rotatable bonds is 9. The predicted octanol–water partition coefficient (Wildman–Crippen LogP) is 5.35. The first-order chi connectivity index (χ1) is 22.9. The van der Waals surface area contributed by atoms with Crippen molar-refractivity contribution < 1.29 is 27.9 Å². The number of hydrogen-bond acceptors (Lipinski definition) is 10. The Balaban J connectivity index is 1.11. The lowest BCUT2D eigenvalue weighted by Gasteiger charge is -2.43. The van der Waals surface area contributed by atoms with Gasteiger partial charge in [0.25, 0.3) is 0 Å². The molecule has 1 aromatic heterocycles. The fourth-order valence-corrected chi connectivity index (χ4v) is 7.24. The molecule has 248 valence electrons. The number of nitrogens with zero attached hydrogens (tertiary/aromatic N) is 5. The van der Waals surface area contributed by atoms with Crippen LogP contribution in [-0.2, 0) is 14.4 Å². The van der Waals surface area contributed by atoms with Gasteiger partial charge in [-0.25, -0.2) is 23.8 Å². The van der Waals surface area contributed by atoms with Crippen molar-refractivity contribution in [3.8, 4) is 5.75 Å². The molecule has 4 aliphatic heterocycles. The topological polar surface area (TPSA) is 104 Å². The van der Waals surface area contributed by atoms with Crippen molar-refractivity contribution in [2.45, 2.75) is 56.4 Å². The van der Waals surface area contributed by atoms with Crippen LogP contribution in [0.15, 0.2) is 55.4 Å². The van der Waals surface area contributed by atoms with Gasteiger partial charge in [-0.2, -0.15) is 0 Å². The monoisotopic (exact) mass is 647 g/mol. The number of carbonyl (C=O) groups excluding carboxylic acids is 1. The molecule has 0 radical (unpaired) electrons. The molecule has 1 amide bonds. The molecule has 0 spiro atoms. The summed E-state index contributed by atoms with van der Waals surface area (Å²) in [5.41, 5.74) is 2.51. The highest BCUT2D eigenvalue weighted by atomic mass is 19.1. The molecule has 4 aliphatic rings. The normalized spacial score (nSPS) is 23.2. The molecule has 13 heteroatoms. The minimum Gasteiger partial charge on any atom is -0.494 e. The van der Waals surface area contributed by atoms with Crippen LogP contribution >= 0.6 is 0 Å². The SMILES string of the molecule is C=CC(=O)Nc1cc(Nc2cc(N3OCC[C@@H]3c3cc(F)cc(F)c3)ncn2)c(OC)cc1N1CCC(N2CC3CCC(C2)O3)CC1. The Morgan fingerprint density at radius 1 is 0.979 bits per heavy atom. The van der Waals surface area contributed by atoms with E-state index >= 15 is 0 Å². The molecule has 4 fully saturated rings. The van der Waals surface area contributed by atoms with E-state index in [9.17, 15) is 13.6 Å². The first kappa shape index (κ1) is 31.3. The number of anilines is 5. The van der Waals surface area contributed by atoms with Crippen LogP contribution in [0.5, 0.6) is 5.75 Å². The Morgan fingerprint density at radius 3 is 2.43 bits per heavy atom. The van der Waals surface area contributed by atoms with E-state index in [4.69, 9.17) is 14.3 Å². The van der Waals surface area contributed by atoms with Crippen molar-refractivity contribution in [1.29, 1.82) is 0 Å². The van der Waals surface area contributed by atoms with Gasteiger partial charge in [0.1, 0.15) is 29.5 Å². The van der Waals surface area contributed by atoms with Gasteiger partial charge in [-0.1, -0.05) is 6.58 Å². The zero-order valence-electron chi connectivity index (χ0n) is 26.3. The zero-order valence-corrected chi connectivity index (χ0v) is 26.3. The van der Waals surface area contributed by atoms with E-state index in [2.05, 4.69) is 37.0 Å². The Hall–Kier alpha value is -4.33.